The minimum atomic E-state index is -1.04. The van der Waals surface area contributed by atoms with E-state index in [9.17, 15) is 27.6 Å². The molecule has 100 heavy (non-hydrogen) atoms. The fourth-order valence-electron chi connectivity index (χ4n) is 12.9. The number of nitrogens with two attached hydrogens (primary N) is 3. The number of halogens is 4. The summed E-state index contributed by atoms with van der Waals surface area (Å²) in [6.45, 7) is 0.422. The van der Waals surface area contributed by atoms with Crippen LogP contribution in [-0.4, -0.2) is 82.7 Å². The molecule has 0 amide bonds. The highest BCUT2D eigenvalue weighted by Gasteiger charge is 2.50. The summed E-state index contributed by atoms with van der Waals surface area (Å²) in [7, 11) is 0. The van der Waals surface area contributed by atoms with Gasteiger partial charge in [-0.2, -0.15) is 13.2 Å². The van der Waals surface area contributed by atoms with Crippen LogP contribution in [0, 0.1) is 17.8 Å². The third-order valence-corrected chi connectivity index (χ3v) is 17.5. The molecule has 3 aromatic carbocycles. The number of benzene rings is 3. The number of ether oxygens (including phenoxy) is 6. The molecule has 18 rings (SSSR count). The summed E-state index contributed by atoms with van der Waals surface area (Å²) in [6.07, 6.45) is 13.6. The number of fused-ring (bicyclic) bond motifs is 12. The van der Waals surface area contributed by atoms with Crippen LogP contribution in [0.5, 0.6) is 34.5 Å². The molecular weight excluding hydrogens is 1310 g/mol. The molecule has 9 N–H and O–H groups in total. The summed E-state index contributed by atoms with van der Waals surface area (Å²) in [5.74, 6) is 1.37. The van der Waals surface area contributed by atoms with Crippen molar-refractivity contribution in [2.45, 2.75) is 16.6 Å². The van der Waals surface area contributed by atoms with Gasteiger partial charge in [0.05, 0.1) is 35.7 Å². The summed E-state index contributed by atoms with van der Waals surface area (Å²) >= 11 is 0. The second kappa shape index (κ2) is 24.7. The molecule has 3 spiro atoms. The minimum Gasteiger partial charge on any atom is -0.462 e. The van der Waals surface area contributed by atoms with E-state index in [1.165, 1.54) is 36.8 Å². The van der Waals surface area contributed by atoms with Crippen LogP contribution >= 0.6 is 12.4 Å². The number of nitrogens with zero attached hydrogens (tertiary/aromatic N) is 9. The average molecular weight is 1360 g/mol. The summed E-state index contributed by atoms with van der Waals surface area (Å²) in [5, 5.41) is 0. The molecule has 494 valence electrons. The predicted octanol–water partition coefficient (Wildman–Crippen LogP) is 10.4. The first kappa shape index (κ1) is 62.8. The van der Waals surface area contributed by atoms with Crippen LogP contribution in [-0.2, 0) is 30.8 Å². The van der Waals surface area contributed by atoms with Crippen LogP contribution in [0.3, 0.4) is 0 Å². The number of pyridine rings is 9. The lowest BCUT2D eigenvalue weighted by atomic mass is 9.80. The van der Waals surface area contributed by atoms with E-state index >= 15 is 0 Å². The molecule has 0 fully saturated rings. The number of hydrogen-bond donors (Lipinski definition) is 6. The number of amidine groups is 3. The predicted molar refractivity (Wildman–Crippen MR) is 362 cm³/mol. The maximum absolute atomic E-state index is 14.4. The third kappa shape index (κ3) is 11.0. The van der Waals surface area contributed by atoms with Crippen molar-refractivity contribution in [1.82, 2.24) is 44.9 Å². The van der Waals surface area contributed by atoms with E-state index in [0.29, 0.717) is 129 Å². The number of nitrogens with one attached hydrogen (secondary N) is 3. The van der Waals surface area contributed by atoms with Crippen LogP contribution in [0.4, 0.5) is 13.2 Å². The number of hydrogen-bond acceptors (Lipinski definition) is 21. The van der Waals surface area contributed by atoms with Crippen molar-refractivity contribution in [2.24, 2.45) is 32.2 Å². The zero-order chi connectivity index (χ0) is 67.7. The summed E-state index contributed by atoms with van der Waals surface area (Å²) in [4.78, 5) is 82.4. The summed E-state index contributed by atoms with van der Waals surface area (Å²) < 4.78 is 77.7. The monoisotopic (exact) mass is 1360 g/mol. The molecule has 24 nitrogen and oxygen atoms in total. The number of rotatable bonds is 6. The first-order valence-electron chi connectivity index (χ1n) is 30.4. The molecule has 9 aromatic heterocycles. The topological polar surface area (TPSA) is 346 Å². The lowest BCUT2D eigenvalue weighted by Gasteiger charge is -2.33. The number of aromatic amines is 3. The number of aliphatic imine (C=N–C) groups is 3. The van der Waals surface area contributed by atoms with Gasteiger partial charge in [-0.15, -0.1) is 12.4 Å². The molecule has 6 aliphatic rings. The highest BCUT2D eigenvalue weighted by atomic mass is 35.5. The lowest BCUT2D eigenvalue weighted by Crippen LogP contribution is -2.31. The van der Waals surface area contributed by atoms with Gasteiger partial charge in [0.2, 0.25) is 29.0 Å². The fraction of sp³-hybridized carbons (Fsp3) is 0.0833. The van der Waals surface area contributed by atoms with E-state index in [1.807, 2.05) is 30.3 Å². The van der Waals surface area contributed by atoms with Crippen molar-refractivity contribution in [3.05, 3.63) is 284 Å². The highest BCUT2D eigenvalue weighted by molar-refractivity contribution is 5.85. The van der Waals surface area contributed by atoms with Crippen molar-refractivity contribution in [2.75, 3.05) is 19.8 Å². The van der Waals surface area contributed by atoms with E-state index in [1.54, 1.807) is 134 Å². The van der Waals surface area contributed by atoms with Crippen LogP contribution < -0.4 is 48.1 Å². The van der Waals surface area contributed by atoms with E-state index in [0.717, 1.165) is 5.56 Å². The normalized spacial score (nSPS) is 18.0. The second-order valence-corrected chi connectivity index (χ2v) is 23.3. The van der Waals surface area contributed by atoms with Crippen molar-refractivity contribution in [3.8, 4) is 102 Å². The summed E-state index contributed by atoms with van der Waals surface area (Å²) in [5.41, 5.74) is 25.0. The van der Waals surface area contributed by atoms with Gasteiger partial charge in [-0.1, -0.05) is 18.2 Å². The molecule has 0 bridgehead atoms. The standard InChI is InChI=1S/C24H15F2N5O2.C24H16FN5O3.C24H17N5O4.ClH/c25-21-9-14(5-7-28-21)18-10-17-20(11-30-18)33-19-4-3-13(15-2-1-6-29-22(15)26)8-16(19)24(17)12-32-23(27)31-24;25-22-15(2-1-6-28-22)13-3-4-19-16(8-13)24(12-32-23(26)30-24)17-10-18(29-11-20(17)33-19)14-5-7-27-21(31)9-14;25-23-29-24(12-32-23)16-8-13(15-2-1-6-27-22(15)31)3-4-19(16)33-20-11-28-18(10-17(20)24)14-5-7-26-21(30)9-14;/h1-11H,12H2,(H2,27,31);1-11H,12H2,(H2,26,30)(H,27,31);1-11H,12H2,(H2,25,29)(H,26,30)(H,27,31);1H/t3*24-;/m000./s1. The Labute approximate surface area is 568 Å². The van der Waals surface area contributed by atoms with Crippen molar-refractivity contribution in [1.29, 1.82) is 0 Å². The number of aromatic nitrogens is 9. The Hall–Kier alpha value is -13.3. The molecule has 0 aliphatic carbocycles. The quantitative estimate of drug-likeness (QED) is 0.0843. The van der Waals surface area contributed by atoms with Crippen molar-refractivity contribution >= 4 is 30.5 Å². The highest BCUT2D eigenvalue weighted by Crippen LogP contribution is 2.55. The molecule has 15 heterocycles. The first-order valence-corrected chi connectivity index (χ1v) is 30.4. The van der Waals surface area contributed by atoms with E-state index < -0.39 is 34.5 Å². The molecule has 0 radical (unpaired) electrons. The second-order valence-electron chi connectivity index (χ2n) is 23.3. The van der Waals surface area contributed by atoms with Gasteiger partial charge in [-0.25, -0.2) is 29.9 Å². The van der Waals surface area contributed by atoms with Gasteiger partial charge in [-0.05, 0) is 126 Å². The van der Waals surface area contributed by atoms with Crippen molar-refractivity contribution < 1.29 is 41.6 Å². The molecule has 0 saturated carbocycles. The molecule has 0 unspecified atom stereocenters. The van der Waals surface area contributed by atoms with Gasteiger partial charge in [0.15, 0.2) is 33.9 Å². The lowest BCUT2D eigenvalue weighted by molar-refractivity contribution is 0.264. The Morgan fingerprint density at radius 1 is 0.370 bits per heavy atom. The van der Waals surface area contributed by atoms with E-state index in [-0.39, 0.29) is 67.0 Å². The SMILES string of the molecule is Cl.NC1=N[C@@]2(CO1)c1cc(-c3ccc[nH]c3=O)ccc1Oc1cnc(-c3cc[nH]c(=O)c3)cc12.NC1=N[C@@]2(CO1)c1cc(-c3cccnc3F)ccc1Oc1cnc(-c3cc[nH]c(=O)c3)cc12.NC1=N[C@@]2(CO1)c1cc(-c3cccnc3F)ccc1Oc1cnc(-c3ccnc(F)c3)cc12. The average Bonchev–Trinajstić information content (AvgIpc) is 1.36. The zero-order valence-corrected chi connectivity index (χ0v) is 52.5. The Kier molecular flexibility index (Phi) is 15.5. The van der Waals surface area contributed by atoms with Gasteiger partial charge >= 0.3 is 0 Å². The molecule has 6 aliphatic heterocycles. The smallest absolute Gasteiger partial charge is 0.283 e. The largest absolute Gasteiger partial charge is 0.462 e. The molecule has 12 aromatic rings. The first-order chi connectivity index (χ1) is 48.1. The number of H-pyrrole nitrogens is 3. The van der Waals surface area contributed by atoms with Crippen LogP contribution in [0.25, 0.3) is 67.2 Å². The maximum Gasteiger partial charge on any atom is 0.283 e. The van der Waals surface area contributed by atoms with Crippen LogP contribution in [0.1, 0.15) is 33.4 Å². The van der Waals surface area contributed by atoms with Crippen LogP contribution in [0.2, 0.25) is 0 Å². The molecule has 3 atom stereocenters. The van der Waals surface area contributed by atoms with Gasteiger partial charge in [0.1, 0.15) is 37.1 Å². The molecule has 28 heteroatoms. The van der Waals surface area contributed by atoms with Gasteiger partial charge in [-0.3, -0.25) is 29.3 Å². The van der Waals surface area contributed by atoms with Gasteiger partial charge in [0, 0.05) is 122 Å². The summed E-state index contributed by atoms with van der Waals surface area (Å²) in [6, 6.07) is 41.3. The third-order valence-electron chi connectivity index (χ3n) is 17.5. The van der Waals surface area contributed by atoms with Crippen LogP contribution in [0.15, 0.2) is 231 Å². The molecule has 0 saturated heterocycles. The maximum atomic E-state index is 14.4. The Balaban J connectivity index is 0.000000121. The Morgan fingerprint density at radius 2 is 0.760 bits per heavy atom. The fourth-order valence-corrected chi connectivity index (χ4v) is 12.9. The Bertz CT molecular complexity index is 5640. The molecular formula is C72H49ClF3N15O9. The van der Waals surface area contributed by atoms with Gasteiger partial charge in [0.25, 0.3) is 23.6 Å². The zero-order valence-electron chi connectivity index (χ0n) is 51.6. The Morgan fingerprint density at radius 3 is 1.13 bits per heavy atom. The van der Waals surface area contributed by atoms with E-state index in [4.69, 9.17) is 45.6 Å². The van der Waals surface area contributed by atoms with Gasteiger partial charge < -0.3 is 60.6 Å². The minimum absolute atomic E-state index is 0. The van der Waals surface area contributed by atoms with E-state index in [2.05, 4.69) is 59.8 Å². The van der Waals surface area contributed by atoms with Crippen molar-refractivity contribution in [3.63, 3.8) is 0 Å².